The summed E-state index contributed by atoms with van der Waals surface area (Å²) in [5.74, 6) is -0.820. The van der Waals surface area contributed by atoms with E-state index < -0.39 is 0 Å². The summed E-state index contributed by atoms with van der Waals surface area (Å²) < 4.78 is 0. The van der Waals surface area contributed by atoms with Crippen LogP contribution in [0.4, 0.5) is 11.4 Å². The van der Waals surface area contributed by atoms with Crippen molar-refractivity contribution in [3.8, 4) is 0 Å². The molecule has 11 nitrogen and oxygen atoms in total. The predicted octanol–water partition coefficient (Wildman–Crippen LogP) is 5.61. The molecule has 2 fully saturated rings. The van der Waals surface area contributed by atoms with Crippen LogP contribution in [0, 0.1) is 0 Å². The van der Waals surface area contributed by atoms with Crippen molar-refractivity contribution in [1.82, 2.24) is 20.4 Å². The molecule has 2 saturated heterocycles. The number of aryl methyl sites for hydroxylation is 1. The van der Waals surface area contributed by atoms with Crippen molar-refractivity contribution >= 4 is 47.4 Å². The normalized spacial score (nSPS) is 17.9. The van der Waals surface area contributed by atoms with Crippen LogP contribution in [0.2, 0.25) is 0 Å². The Balaban J connectivity index is 1.22. The summed E-state index contributed by atoms with van der Waals surface area (Å²) in [6.45, 7) is 10.2. The Morgan fingerprint density at radius 3 is 2.56 bits per heavy atom. The third kappa shape index (κ3) is 9.32. The van der Waals surface area contributed by atoms with Crippen LogP contribution in [0.5, 0.6) is 0 Å². The van der Waals surface area contributed by atoms with E-state index in [0.29, 0.717) is 59.8 Å². The zero-order valence-corrected chi connectivity index (χ0v) is 31.4. The standard InChI is InChI=1S/C43H51N7O4/c1-4-30(41(52)46-37-17-11-13-31-12-6-7-16-35(31)37)27-39(44-2)36-28-34(50-21-8-5-9-22-50)18-19-38(36)47-42(53)32-14-10-15-33(26-32)43(54)48(3)24-25-49-23-20-45-40(51)29-49/h4,6-7,10,12,14-16,18-19,26-28,37H,2,5,8-9,11,13,17,20-25,29H2,1,3H3,(H,45,51)(H,46,52)(H,47,53)/b30-4+,39-27-/t37-/m0/s1. The molecule has 0 radical (unpaired) electrons. The molecule has 0 unspecified atom stereocenters. The van der Waals surface area contributed by atoms with Gasteiger partial charge < -0.3 is 25.8 Å². The molecule has 3 aromatic rings. The van der Waals surface area contributed by atoms with Crippen molar-refractivity contribution in [3.05, 3.63) is 112 Å². The Bertz CT molecular complexity index is 1950. The lowest BCUT2D eigenvalue weighted by Crippen LogP contribution is -2.49. The van der Waals surface area contributed by atoms with Gasteiger partial charge >= 0.3 is 0 Å². The van der Waals surface area contributed by atoms with E-state index in [1.165, 1.54) is 12.0 Å². The number of likely N-dealkylation sites (N-methyl/N-ethyl adjacent to an activating group) is 1. The number of hydrogen-bond donors (Lipinski definition) is 3. The number of amides is 4. The Morgan fingerprint density at radius 2 is 1.78 bits per heavy atom. The van der Waals surface area contributed by atoms with E-state index in [9.17, 15) is 19.2 Å². The quantitative estimate of drug-likeness (QED) is 0.126. The van der Waals surface area contributed by atoms with Crippen molar-refractivity contribution < 1.29 is 19.2 Å². The molecule has 3 aliphatic rings. The van der Waals surface area contributed by atoms with Gasteiger partial charge in [0.05, 0.1) is 24.0 Å². The molecule has 1 aliphatic carbocycles. The Labute approximate surface area is 318 Å². The molecule has 1 atom stereocenters. The first-order valence-electron chi connectivity index (χ1n) is 19.0. The Morgan fingerprint density at radius 1 is 0.981 bits per heavy atom. The highest BCUT2D eigenvalue weighted by Crippen LogP contribution is 2.33. The van der Waals surface area contributed by atoms with Crippen molar-refractivity contribution in [3.63, 3.8) is 0 Å². The van der Waals surface area contributed by atoms with Crippen LogP contribution in [-0.2, 0) is 16.0 Å². The number of piperidine rings is 1. The lowest BCUT2D eigenvalue weighted by atomic mass is 9.87. The van der Waals surface area contributed by atoms with E-state index in [4.69, 9.17) is 0 Å². The smallest absolute Gasteiger partial charge is 0.255 e. The second-order valence-corrected chi connectivity index (χ2v) is 14.2. The lowest BCUT2D eigenvalue weighted by molar-refractivity contribution is -0.124. The molecule has 3 aromatic carbocycles. The minimum atomic E-state index is -0.387. The van der Waals surface area contributed by atoms with E-state index >= 15 is 0 Å². The fourth-order valence-electron chi connectivity index (χ4n) is 7.47. The molecule has 0 saturated carbocycles. The maximum atomic E-state index is 13.8. The van der Waals surface area contributed by atoms with E-state index in [2.05, 4.69) is 44.7 Å². The highest BCUT2D eigenvalue weighted by Gasteiger charge is 2.24. The van der Waals surface area contributed by atoms with Crippen LogP contribution in [-0.4, -0.2) is 93.0 Å². The van der Waals surface area contributed by atoms with Gasteiger partial charge in [-0.2, -0.15) is 0 Å². The van der Waals surface area contributed by atoms with Gasteiger partial charge in [-0.05, 0) is 106 Å². The molecule has 6 rings (SSSR count). The average molecular weight is 730 g/mol. The second kappa shape index (κ2) is 18.0. The Hall–Kier alpha value is -5.55. The largest absolute Gasteiger partial charge is 0.372 e. The molecular weight excluding hydrogens is 679 g/mol. The van der Waals surface area contributed by atoms with Crippen molar-refractivity contribution in [1.29, 1.82) is 0 Å². The number of carbonyl (C=O) groups is 4. The summed E-state index contributed by atoms with van der Waals surface area (Å²) in [5, 5.41) is 9.12. The van der Waals surface area contributed by atoms with Gasteiger partial charge in [-0.25, -0.2) is 0 Å². The first kappa shape index (κ1) is 38.2. The van der Waals surface area contributed by atoms with Gasteiger partial charge in [-0.15, -0.1) is 0 Å². The van der Waals surface area contributed by atoms with Crippen LogP contribution in [0.15, 0.2) is 89.4 Å². The molecular formula is C43H51N7O4. The maximum Gasteiger partial charge on any atom is 0.255 e. The van der Waals surface area contributed by atoms with Crippen LogP contribution in [0.3, 0.4) is 0 Å². The number of nitrogens with zero attached hydrogens (tertiary/aromatic N) is 4. The van der Waals surface area contributed by atoms with E-state index in [1.807, 2.05) is 42.2 Å². The van der Waals surface area contributed by atoms with Crippen molar-refractivity contribution in [2.75, 3.05) is 63.1 Å². The molecule has 0 aromatic heterocycles. The zero-order valence-electron chi connectivity index (χ0n) is 31.4. The number of allylic oxidation sites excluding steroid dienone is 1. The molecule has 54 heavy (non-hydrogen) atoms. The van der Waals surface area contributed by atoms with Crippen LogP contribution in [0.1, 0.15) is 82.5 Å². The molecule has 282 valence electrons. The van der Waals surface area contributed by atoms with Crippen LogP contribution < -0.4 is 20.9 Å². The first-order valence-corrected chi connectivity index (χ1v) is 19.0. The number of nitrogens with one attached hydrogen (secondary N) is 3. The number of hydrogen-bond acceptors (Lipinski definition) is 7. The van der Waals surface area contributed by atoms with E-state index in [1.54, 1.807) is 48.4 Å². The van der Waals surface area contributed by atoms with Gasteiger partial charge in [-0.1, -0.05) is 36.4 Å². The molecule has 11 heteroatoms. The zero-order chi connectivity index (χ0) is 38.0. The fourth-order valence-corrected chi connectivity index (χ4v) is 7.47. The highest BCUT2D eigenvalue weighted by molar-refractivity contribution is 6.08. The molecule has 3 N–H and O–H groups in total. The van der Waals surface area contributed by atoms with Gasteiger partial charge in [0.1, 0.15) is 0 Å². The summed E-state index contributed by atoms with van der Waals surface area (Å²) in [4.78, 5) is 63.1. The number of carbonyl (C=O) groups excluding carboxylic acids is 4. The number of anilines is 2. The van der Waals surface area contributed by atoms with Gasteiger partial charge in [0.25, 0.3) is 17.7 Å². The number of fused-ring (bicyclic) bond motifs is 1. The summed E-state index contributed by atoms with van der Waals surface area (Å²) in [7, 11) is 1.72. The molecule has 0 bridgehead atoms. The predicted molar refractivity (Wildman–Crippen MR) is 215 cm³/mol. The summed E-state index contributed by atoms with van der Waals surface area (Å²) in [6.07, 6.45) is 9.76. The number of rotatable bonds is 12. The lowest BCUT2D eigenvalue weighted by Gasteiger charge is -2.29. The minimum Gasteiger partial charge on any atom is -0.372 e. The van der Waals surface area contributed by atoms with Crippen molar-refractivity contribution in [2.24, 2.45) is 4.99 Å². The second-order valence-electron chi connectivity index (χ2n) is 14.2. The minimum absolute atomic E-state index is 0.0152. The summed E-state index contributed by atoms with van der Waals surface area (Å²) in [5.41, 5.74) is 6.18. The van der Waals surface area contributed by atoms with E-state index in [-0.39, 0.29) is 29.7 Å². The SMILES string of the molecule is C=N/C(=C\C(=C/C)C(=O)N[C@H]1CCCc2ccccc21)c1cc(N2CCCCC2)ccc1NC(=O)c1cccc(C(=O)N(C)CCN2CCNC(=O)C2)c1. The number of piperazine rings is 1. The van der Waals surface area contributed by atoms with Gasteiger partial charge in [0.2, 0.25) is 5.91 Å². The molecule has 2 heterocycles. The van der Waals surface area contributed by atoms with E-state index in [0.717, 1.165) is 63.0 Å². The maximum absolute atomic E-state index is 13.8. The van der Waals surface area contributed by atoms with Crippen LogP contribution >= 0.6 is 0 Å². The van der Waals surface area contributed by atoms with Gasteiger partial charge in [0, 0.05) is 74.3 Å². The van der Waals surface area contributed by atoms with Crippen molar-refractivity contribution in [2.45, 2.75) is 51.5 Å². The number of benzene rings is 3. The molecule has 4 amide bonds. The first-order chi connectivity index (χ1) is 26.2. The molecule has 0 spiro atoms. The third-order valence-corrected chi connectivity index (χ3v) is 10.5. The Kier molecular flexibility index (Phi) is 12.7. The summed E-state index contributed by atoms with van der Waals surface area (Å²) in [6, 6.07) is 20.7. The highest BCUT2D eigenvalue weighted by atomic mass is 16.2. The molecule has 2 aliphatic heterocycles. The van der Waals surface area contributed by atoms with Crippen LogP contribution in [0.25, 0.3) is 5.70 Å². The third-order valence-electron chi connectivity index (χ3n) is 10.5. The number of aliphatic imine (C=N–C) groups is 1. The van der Waals surface area contributed by atoms with Gasteiger partial charge in [-0.3, -0.25) is 29.1 Å². The fraction of sp³-hybridized carbons (Fsp3) is 0.372. The topological polar surface area (TPSA) is 126 Å². The van der Waals surface area contributed by atoms with Gasteiger partial charge in [0.15, 0.2) is 0 Å². The monoisotopic (exact) mass is 729 g/mol. The average Bonchev–Trinajstić information content (AvgIpc) is 3.21. The summed E-state index contributed by atoms with van der Waals surface area (Å²) >= 11 is 0.